The van der Waals surface area contributed by atoms with Gasteiger partial charge in [0.05, 0.1) is 6.61 Å². The van der Waals surface area contributed by atoms with Crippen molar-refractivity contribution in [1.29, 1.82) is 0 Å². The van der Waals surface area contributed by atoms with Gasteiger partial charge < -0.3 is 20.4 Å². The van der Waals surface area contributed by atoms with Crippen LogP contribution in [0.15, 0.2) is 10.5 Å². The van der Waals surface area contributed by atoms with Crippen LogP contribution in [0.3, 0.4) is 0 Å². The molecule has 0 aliphatic carbocycles. The minimum absolute atomic E-state index is 0.0707. The lowest BCUT2D eigenvalue weighted by atomic mass is 10.1. The number of carbonyl (C=O) groups is 2. The average Bonchev–Trinajstić information content (AvgIpc) is 2.81. The Labute approximate surface area is 131 Å². The van der Waals surface area contributed by atoms with Gasteiger partial charge in [-0.1, -0.05) is 19.0 Å². The minimum atomic E-state index is -1.42. The van der Waals surface area contributed by atoms with E-state index in [0.29, 0.717) is 0 Å². The van der Waals surface area contributed by atoms with Gasteiger partial charge in [0.15, 0.2) is 5.13 Å². The number of nitrogen functional groups attached to an aromatic ring is 1. The van der Waals surface area contributed by atoms with Gasteiger partial charge in [0.25, 0.3) is 0 Å². The molecule has 0 unspecified atom stereocenters. The minimum Gasteiger partial charge on any atom is -0.476 e. The second-order valence-electron chi connectivity index (χ2n) is 5.41. The summed E-state index contributed by atoms with van der Waals surface area (Å²) in [6, 6.07) is 0. The van der Waals surface area contributed by atoms with E-state index in [2.05, 4.69) is 10.1 Å². The van der Waals surface area contributed by atoms with Crippen molar-refractivity contribution in [1.82, 2.24) is 4.98 Å². The summed E-state index contributed by atoms with van der Waals surface area (Å²) in [6.45, 7) is 6.91. The van der Waals surface area contributed by atoms with Crippen LogP contribution in [0.25, 0.3) is 0 Å². The van der Waals surface area contributed by atoms with E-state index < -0.39 is 23.3 Å². The van der Waals surface area contributed by atoms with Crippen molar-refractivity contribution in [2.75, 3.05) is 12.3 Å². The van der Waals surface area contributed by atoms with E-state index >= 15 is 0 Å². The van der Waals surface area contributed by atoms with Gasteiger partial charge in [-0.15, -0.1) is 11.3 Å². The summed E-state index contributed by atoms with van der Waals surface area (Å²) in [4.78, 5) is 32.0. The van der Waals surface area contributed by atoms with Gasteiger partial charge in [0, 0.05) is 5.38 Å². The third-order valence-electron chi connectivity index (χ3n) is 2.37. The number of oxime groups is 1. The monoisotopic (exact) mass is 329 g/mol. The Hall–Kier alpha value is -2.16. The molecule has 0 aliphatic heterocycles. The van der Waals surface area contributed by atoms with Crippen molar-refractivity contribution in [2.24, 2.45) is 11.1 Å². The van der Waals surface area contributed by atoms with Crippen LogP contribution in [0.1, 0.15) is 33.4 Å². The number of carbonyl (C=O) groups excluding carboxylic acids is 1. The summed E-state index contributed by atoms with van der Waals surface area (Å²) in [5, 5.41) is 14.3. The van der Waals surface area contributed by atoms with Gasteiger partial charge in [-0.25, -0.2) is 14.6 Å². The van der Waals surface area contributed by atoms with Gasteiger partial charge >= 0.3 is 11.9 Å². The van der Waals surface area contributed by atoms with Gasteiger partial charge in [-0.05, 0) is 19.8 Å². The topological polar surface area (TPSA) is 124 Å². The number of hydrogen-bond donors (Lipinski definition) is 2. The summed E-state index contributed by atoms with van der Waals surface area (Å²) < 4.78 is 5.06. The maximum absolute atomic E-state index is 11.9. The zero-order chi connectivity index (χ0) is 16.9. The highest BCUT2D eigenvalue weighted by atomic mass is 32.1. The molecule has 1 aromatic heterocycles. The van der Waals surface area contributed by atoms with Crippen LogP contribution < -0.4 is 5.73 Å². The fraction of sp³-hybridized carbons (Fsp3) is 0.538. The molecule has 8 nitrogen and oxygen atoms in total. The Bertz CT molecular complexity index is 580. The van der Waals surface area contributed by atoms with Gasteiger partial charge in [0.1, 0.15) is 5.69 Å². The van der Waals surface area contributed by atoms with Crippen molar-refractivity contribution in [2.45, 2.75) is 33.3 Å². The van der Waals surface area contributed by atoms with Crippen molar-refractivity contribution < 1.29 is 24.3 Å². The number of aromatic nitrogens is 1. The second kappa shape index (κ2) is 7.21. The number of nitrogens with zero attached hydrogens (tertiary/aromatic N) is 2. The molecule has 9 heteroatoms. The molecule has 22 heavy (non-hydrogen) atoms. The van der Waals surface area contributed by atoms with E-state index in [1.54, 1.807) is 0 Å². The SMILES string of the molecule is CC(C)COC(=O)C(C)(C)O/N=C(\C(=O)O)c1csc(N)n1. The number of esters is 1. The lowest BCUT2D eigenvalue weighted by molar-refractivity contribution is -0.169. The summed E-state index contributed by atoms with van der Waals surface area (Å²) in [7, 11) is 0. The Morgan fingerprint density at radius 3 is 2.59 bits per heavy atom. The molecule has 0 fully saturated rings. The lowest BCUT2D eigenvalue weighted by Crippen LogP contribution is -2.36. The van der Waals surface area contributed by atoms with Gasteiger partial charge in [-0.3, -0.25) is 0 Å². The highest BCUT2D eigenvalue weighted by Gasteiger charge is 2.33. The summed E-state index contributed by atoms with van der Waals surface area (Å²) in [6.07, 6.45) is 0. The Morgan fingerprint density at radius 2 is 2.14 bits per heavy atom. The molecule has 0 aromatic carbocycles. The van der Waals surface area contributed by atoms with Gasteiger partial charge in [0.2, 0.25) is 11.3 Å². The highest BCUT2D eigenvalue weighted by molar-refractivity contribution is 7.13. The summed E-state index contributed by atoms with van der Waals surface area (Å²) in [5.74, 6) is -1.79. The van der Waals surface area contributed by atoms with Crippen LogP contribution in [-0.4, -0.2) is 39.9 Å². The first-order valence-electron chi connectivity index (χ1n) is 6.51. The van der Waals surface area contributed by atoms with E-state index in [4.69, 9.17) is 20.4 Å². The zero-order valence-corrected chi connectivity index (χ0v) is 13.6. The highest BCUT2D eigenvalue weighted by Crippen LogP contribution is 2.16. The smallest absolute Gasteiger partial charge is 0.360 e. The zero-order valence-electron chi connectivity index (χ0n) is 12.8. The molecular formula is C13H19N3O5S. The molecule has 0 atom stereocenters. The van der Waals surface area contributed by atoms with Crippen LogP contribution in [0, 0.1) is 5.92 Å². The number of hydrogen-bond acceptors (Lipinski definition) is 8. The molecule has 0 bridgehead atoms. The fourth-order valence-corrected chi connectivity index (χ4v) is 1.75. The number of carboxylic acid groups (broad SMARTS) is 1. The summed E-state index contributed by atoms with van der Waals surface area (Å²) in [5.41, 5.74) is 3.68. The molecule has 0 aliphatic rings. The Morgan fingerprint density at radius 1 is 1.50 bits per heavy atom. The van der Waals surface area contributed by atoms with E-state index in [-0.39, 0.29) is 23.4 Å². The molecule has 3 N–H and O–H groups in total. The summed E-state index contributed by atoms with van der Waals surface area (Å²) >= 11 is 1.08. The molecular weight excluding hydrogens is 310 g/mol. The van der Waals surface area contributed by atoms with E-state index in [1.807, 2.05) is 13.8 Å². The third kappa shape index (κ3) is 4.99. The number of carboxylic acids is 1. The van der Waals surface area contributed by atoms with Crippen LogP contribution in [0.4, 0.5) is 5.13 Å². The number of ether oxygens (including phenoxy) is 1. The molecule has 0 amide bonds. The number of anilines is 1. The standard InChI is InChI=1S/C13H19N3O5S/c1-7(2)5-20-11(19)13(3,4)21-16-9(10(17)18)8-6-22-12(14)15-8/h6-7H,5H2,1-4H3,(H2,14,15)(H,17,18)/b16-9-. The molecule has 0 radical (unpaired) electrons. The molecule has 1 aromatic rings. The molecule has 0 spiro atoms. The molecule has 122 valence electrons. The van der Waals surface area contributed by atoms with Crippen LogP contribution in [0.5, 0.6) is 0 Å². The fourth-order valence-electron chi connectivity index (χ4n) is 1.20. The first-order valence-corrected chi connectivity index (χ1v) is 7.39. The number of nitrogens with two attached hydrogens (primary N) is 1. The number of thiazole rings is 1. The van der Waals surface area contributed by atoms with Gasteiger partial charge in [-0.2, -0.15) is 0 Å². The number of rotatable bonds is 7. The van der Waals surface area contributed by atoms with Crippen molar-refractivity contribution in [3.05, 3.63) is 11.1 Å². The maximum atomic E-state index is 11.9. The Balaban J connectivity index is 2.85. The van der Waals surface area contributed by atoms with Crippen molar-refractivity contribution in [3.63, 3.8) is 0 Å². The van der Waals surface area contributed by atoms with Crippen LogP contribution in [-0.2, 0) is 19.2 Å². The van der Waals surface area contributed by atoms with Crippen molar-refractivity contribution in [3.8, 4) is 0 Å². The Kier molecular flexibility index (Phi) is 5.86. The van der Waals surface area contributed by atoms with E-state index in [9.17, 15) is 9.59 Å². The van der Waals surface area contributed by atoms with E-state index in [1.165, 1.54) is 19.2 Å². The predicted molar refractivity (Wildman–Crippen MR) is 81.7 cm³/mol. The second-order valence-corrected chi connectivity index (χ2v) is 6.30. The predicted octanol–water partition coefficient (Wildman–Crippen LogP) is 1.51. The quantitative estimate of drug-likeness (QED) is 0.441. The van der Waals surface area contributed by atoms with E-state index in [0.717, 1.165) is 11.3 Å². The molecule has 1 heterocycles. The van der Waals surface area contributed by atoms with Crippen molar-refractivity contribution >= 4 is 34.1 Å². The molecule has 0 saturated heterocycles. The number of aliphatic carboxylic acids is 1. The lowest BCUT2D eigenvalue weighted by Gasteiger charge is -2.21. The van der Waals surface area contributed by atoms with Crippen LogP contribution >= 0.6 is 11.3 Å². The molecule has 1 rings (SSSR count). The molecule has 0 saturated carbocycles. The first-order chi connectivity index (χ1) is 10.1. The maximum Gasteiger partial charge on any atom is 0.360 e. The average molecular weight is 329 g/mol. The van der Waals surface area contributed by atoms with Crippen LogP contribution in [0.2, 0.25) is 0 Å². The largest absolute Gasteiger partial charge is 0.476 e. The normalized spacial score (nSPS) is 12.3. The first kappa shape index (κ1) is 17.9. The third-order valence-corrected chi connectivity index (χ3v) is 3.05.